The summed E-state index contributed by atoms with van der Waals surface area (Å²) in [6.07, 6.45) is 7.59. The molecule has 0 aliphatic carbocycles. The number of nitrogens with zero attached hydrogens (tertiary/aromatic N) is 1. The van der Waals surface area contributed by atoms with Gasteiger partial charge in [-0.3, -0.25) is 19.2 Å². The van der Waals surface area contributed by atoms with Crippen LogP contribution in [0.25, 0.3) is 0 Å². The molecule has 1 saturated heterocycles. The van der Waals surface area contributed by atoms with Gasteiger partial charge in [-0.05, 0) is 76.3 Å². The van der Waals surface area contributed by atoms with E-state index in [1.54, 1.807) is 13.8 Å². The van der Waals surface area contributed by atoms with Crippen LogP contribution in [0.2, 0.25) is 0 Å². The van der Waals surface area contributed by atoms with E-state index in [2.05, 4.69) is 22.9 Å². The van der Waals surface area contributed by atoms with Crippen molar-refractivity contribution in [2.75, 3.05) is 13.1 Å². The second-order valence-electron chi connectivity index (χ2n) is 13.9. The van der Waals surface area contributed by atoms with Crippen LogP contribution in [-0.2, 0) is 46.7 Å². The normalized spacial score (nSPS) is 15.7. The summed E-state index contributed by atoms with van der Waals surface area (Å²) in [7, 11) is 0. The number of unbranched alkanes of at least 4 members (excludes halogenated alkanes) is 5. The second-order valence-corrected chi connectivity index (χ2v) is 13.9. The van der Waals surface area contributed by atoms with Gasteiger partial charge in [-0.1, -0.05) is 93.3 Å². The van der Waals surface area contributed by atoms with Gasteiger partial charge in [-0.2, -0.15) is 0 Å². The highest BCUT2D eigenvalue weighted by Gasteiger charge is 2.42. The molecule has 0 spiro atoms. The fraction of sp³-hybridized carbons (Fsp3) is 0.575. The van der Waals surface area contributed by atoms with E-state index in [0.717, 1.165) is 56.1 Å². The van der Waals surface area contributed by atoms with E-state index < -0.39 is 35.7 Å². The Balaban J connectivity index is 1.70. The van der Waals surface area contributed by atoms with E-state index in [0.29, 0.717) is 38.6 Å². The maximum absolute atomic E-state index is 13.9. The smallest absolute Gasteiger partial charge is 0.408 e. The molecule has 1 heterocycles. The van der Waals surface area contributed by atoms with Crippen LogP contribution in [0.5, 0.6) is 0 Å². The Bertz CT molecular complexity index is 1370. The van der Waals surface area contributed by atoms with Crippen molar-refractivity contribution in [3.05, 3.63) is 71.8 Å². The summed E-state index contributed by atoms with van der Waals surface area (Å²) in [5, 5.41) is 9.65. The van der Waals surface area contributed by atoms with E-state index in [9.17, 15) is 24.0 Å². The lowest BCUT2D eigenvalue weighted by Gasteiger charge is -2.35. The molecule has 0 radical (unpaired) electrons. The summed E-state index contributed by atoms with van der Waals surface area (Å²) in [5.41, 5.74) is 0.537. The Morgan fingerprint density at radius 1 is 0.904 bits per heavy atom. The molecule has 2 aromatic carbocycles. The van der Waals surface area contributed by atoms with E-state index >= 15 is 0 Å². The van der Waals surface area contributed by atoms with Crippen molar-refractivity contribution in [1.29, 1.82) is 0 Å². The molecule has 1 aliphatic heterocycles. The Morgan fingerprint density at radius 3 is 2.23 bits per heavy atom. The first-order valence-electron chi connectivity index (χ1n) is 18.8. The number of benzene rings is 2. The number of hydrogen-bond donors (Lipinski definition) is 3. The predicted molar refractivity (Wildman–Crippen MR) is 197 cm³/mol. The topological polar surface area (TPSA) is 152 Å². The molecule has 0 aromatic heterocycles. The number of hydrogen-bond acceptors (Lipinski definition) is 8. The number of carbonyl (C=O) groups is 5. The number of carbonyl (C=O) groups excluding carboxylic acids is 5. The van der Waals surface area contributed by atoms with Crippen molar-refractivity contribution in [3.63, 3.8) is 0 Å². The van der Waals surface area contributed by atoms with Gasteiger partial charge in [0.25, 0.3) is 0 Å². The van der Waals surface area contributed by atoms with Crippen molar-refractivity contribution in [3.8, 4) is 0 Å². The van der Waals surface area contributed by atoms with Crippen molar-refractivity contribution < 1.29 is 38.3 Å². The number of esters is 1. The molecule has 0 saturated carbocycles. The van der Waals surface area contributed by atoms with Crippen molar-refractivity contribution in [1.82, 2.24) is 21.0 Å². The van der Waals surface area contributed by atoms with Crippen LogP contribution >= 0.6 is 0 Å². The molecular formula is C40H58N4O8. The van der Waals surface area contributed by atoms with Gasteiger partial charge in [-0.15, -0.1) is 0 Å². The van der Waals surface area contributed by atoms with Crippen molar-refractivity contribution >= 4 is 30.3 Å². The van der Waals surface area contributed by atoms with Gasteiger partial charge in [0, 0.05) is 13.1 Å². The molecule has 0 unspecified atom stereocenters. The average Bonchev–Trinajstić information content (AvgIpc) is 3.36. The quantitative estimate of drug-likeness (QED) is 0.0537. The summed E-state index contributed by atoms with van der Waals surface area (Å²) in [5.74, 6) is -1.28. The van der Waals surface area contributed by atoms with Crippen LogP contribution in [0.1, 0.15) is 109 Å². The lowest BCUT2D eigenvalue weighted by molar-refractivity contribution is -0.177. The summed E-state index contributed by atoms with van der Waals surface area (Å²) < 4.78 is 11.6. The highest BCUT2D eigenvalue weighted by Crippen LogP contribution is 2.30. The minimum atomic E-state index is -1.17. The zero-order valence-electron chi connectivity index (χ0n) is 31.1. The Hall–Kier alpha value is -4.45. The van der Waals surface area contributed by atoms with Crippen molar-refractivity contribution in [2.45, 2.75) is 129 Å². The molecular weight excluding hydrogens is 664 g/mol. The molecule has 286 valence electrons. The van der Waals surface area contributed by atoms with Crippen LogP contribution in [0, 0.1) is 5.41 Å². The average molecular weight is 723 g/mol. The number of ether oxygens (including phenoxy) is 2. The molecule has 2 aromatic rings. The predicted octanol–water partition coefficient (Wildman–Crippen LogP) is 6.13. The maximum atomic E-state index is 13.9. The standard InChI is InChI=1S/C40H58N4O8/c1-4-5-6-7-14-25-35(40(2,3)38(48)42-33-23-15-17-26-41-36(33)46)52-37(47)34(43-39(49)50-28-31-19-10-8-11-20-31)24-16-18-27-44(30-45)51-29-32-21-12-9-13-22-32/h8-13,19-22,30,33-35H,4-7,14-18,23-29H2,1-3H3,(H,41,46)(H,42,48)(H,43,49)/t33-,34-,35-/m0/s1. The molecule has 52 heavy (non-hydrogen) atoms. The molecule has 3 rings (SSSR count). The summed E-state index contributed by atoms with van der Waals surface area (Å²) in [6.45, 7) is 6.68. The fourth-order valence-corrected chi connectivity index (χ4v) is 5.94. The first-order chi connectivity index (χ1) is 25.1. The Labute approximate surface area is 308 Å². The van der Waals surface area contributed by atoms with E-state index in [4.69, 9.17) is 14.3 Å². The molecule has 4 amide bonds. The van der Waals surface area contributed by atoms with Crippen LogP contribution < -0.4 is 16.0 Å². The molecule has 3 N–H and O–H groups in total. The highest BCUT2D eigenvalue weighted by molar-refractivity contribution is 5.90. The third-order valence-electron chi connectivity index (χ3n) is 9.33. The van der Waals surface area contributed by atoms with Crippen LogP contribution in [0.4, 0.5) is 4.79 Å². The second kappa shape index (κ2) is 23.2. The minimum absolute atomic E-state index is 0.0177. The third-order valence-corrected chi connectivity index (χ3v) is 9.33. The zero-order valence-corrected chi connectivity index (χ0v) is 31.1. The monoisotopic (exact) mass is 722 g/mol. The van der Waals surface area contributed by atoms with Gasteiger partial charge < -0.3 is 25.4 Å². The first kappa shape index (κ1) is 42.0. The van der Waals surface area contributed by atoms with Gasteiger partial charge in [0.2, 0.25) is 18.2 Å². The van der Waals surface area contributed by atoms with Crippen LogP contribution in [0.15, 0.2) is 60.7 Å². The van der Waals surface area contributed by atoms with Crippen LogP contribution in [-0.4, -0.2) is 66.6 Å². The highest BCUT2D eigenvalue weighted by atomic mass is 16.7. The van der Waals surface area contributed by atoms with Crippen molar-refractivity contribution in [2.24, 2.45) is 5.41 Å². The van der Waals surface area contributed by atoms with E-state index in [1.807, 2.05) is 60.7 Å². The number of rotatable bonds is 23. The van der Waals surface area contributed by atoms with Crippen LogP contribution in [0.3, 0.4) is 0 Å². The molecule has 12 heteroatoms. The summed E-state index contributed by atoms with van der Waals surface area (Å²) in [6, 6.07) is 16.9. The zero-order chi connectivity index (χ0) is 37.6. The largest absolute Gasteiger partial charge is 0.460 e. The SMILES string of the molecule is CCCCCCC[C@H](OC(=O)[C@H](CCCCN(C=O)OCc1ccccc1)NC(=O)OCc1ccccc1)C(C)(C)C(=O)N[C@H]1CCCCNC1=O. The molecule has 0 bridgehead atoms. The Morgan fingerprint density at radius 2 is 1.56 bits per heavy atom. The minimum Gasteiger partial charge on any atom is -0.460 e. The van der Waals surface area contributed by atoms with Gasteiger partial charge in [0.15, 0.2) is 0 Å². The molecule has 1 aliphatic rings. The van der Waals surface area contributed by atoms with Gasteiger partial charge in [-0.25, -0.2) is 14.7 Å². The van der Waals surface area contributed by atoms with Gasteiger partial charge in [0.05, 0.1) is 5.41 Å². The molecule has 1 fully saturated rings. The maximum Gasteiger partial charge on any atom is 0.408 e. The lowest BCUT2D eigenvalue weighted by atomic mass is 9.82. The summed E-state index contributed by atoms with van der Waals surface area (Å²) in [4.78, 5) is 70.6. The number of hydroxylamine groups is 2. The molecule has 3 atom stereocenters. The van der Waals surface area contributed by atoms with Gasteiger partial charge in [0.1, 0.15) is 31.4 Å². The fourth-order valence-electron chi connectivity index (χ4n) is 5.94. The number of alkyl carbamates (subject to hydrolysis) is 1. The Kier molecular flexibility index (Phi) is 18.7. The van der Waals surface area contributed by atoms with E-state index in [1.165, 1.54) is 5.06 Å². The number of nitrogens with one attached hydrogen (secondary N) is 3. The summed E-state index contributed by atoms with van der Waals surface area (Å²) >= 11 is 0. The number of amides is 4. The van der Waals surface area contributed by atoms with Gasteiger partial charge >= 0.3 is 12.1 Å². The van der Waals surface area contributed by atoms with E-state index in [-0.39, 0.29) is 38.0 Å². The lowest BCUT2D eigenvalue weighted by Crippen LogP contribution is -2.54. The third kappa shape index (κ3) is 15.0. The molecule has 12 nitrogen and oxygen atoms in total. The first-order valence-corrected chi connectivity index (χ1v) is 18.8.